The fourth-order valence-electron chi connectivity index (χ4n) is 7.54. The van der Waals surface area contributed by atoms with Crippen molar-refractivity contribution in [2.45, 2.75) is 39.0 Å². The number of piperazine rings is 1. The maximum Gasteiger partial charge on any atom is 0.350 e. The second-order valence-corrected chi connectivity index (χ2v) is 14.6. The van der Waals surface area contributed by atoms with Crippen LogP contribution >= 0.6 is 12.2 Å². The summed E-state index contributed by atoms with van der Waals surface area (Å²) in [7, 11) is 0. The third-order valence-corrected chi connectivity index (χ3v) is 11.0. The van der Waals surface area contributed by atoms with Gasteiger partial charge in [-0.1, -0.05) is 36.4 Å². The Morgan fingerprint density at radius 3 is 2.48 bits per heavy atom. The Bertz CT molecular complexity index is 2870. The molecule has 1 aliphatic heterocycles. The zero-order valence-electron chi connectivity index (χ0n) is 30.4. The van der Waals surface area contributed by atoms with Crippen LogP contribution in [0.2, 0.25) is 0 Å². The van der Waals surface area contributed by atoms with Crippen LogP contribution in [0.15, 0.2) is 88.7 Å². The molecule has 4 aromatic heterocycles. The summed E-state index contributed by atoms with van der Waals surface area (Å²) in [5, 5.41) is 20.2. The number of H-pyrrole nitrogens is 1. The van der Waals surface area contributed by atoms with Gasteiger partial charge in [0.2, 0.25) is 10.2 Å². The van der Waals surface area contributed by atoms with Crippen LogP contribution in [0.25, 0.3) is 39.8 Å². The van der Waals surface area contributed by atoms with E-state index in [-0.39, 0.29) is 29.2 Å². The number of halogens is 1. The number of carboxylic acid groups (broad SMARTS) is 1. The third-order valence-electron chi connectivity index (χ3n) is 10.6. The lowest BCUT2D eigenvalue weighted by Crippen LogP contribution is -2.47. The van der Waals surface area contributed by atoms with E-state index in [0.29, 0.717) is 60.5 Å². The molecule has 3 aromatic carbocycles. The molecule has 1 aliphatic carbocycles. The highest BCUT2D eigenvalue weighted by atomic mass is 32.1. The first kappa shape index (κ1) is 35.3. The molecular weight excluding hydrogens is 736 g/mol. The average Bonchev–Trinajstić information content (AvgIpc) is 3.82. The number of hydrogen-bond acceptors (Lipinski definition) is 8. The van der Waals surface area contributed by atoms with Gasteiger partial charge in [-0.3, -0.25) is 18.8 Å². The molecule has 2 fully saturated rings. The number of carboxylic acids is 1. The first-order valence-electron chi connectivity index (χ1n) is 18.4. The van der Waals surface area contributed by atoms with Gasteiger partial charge in [-0.05, 0) is 68.4 Å². The molecule has 2 N–H and O–H groups in total. The van der Waals surface area contributed by atoms with Crippen molar-refractivity contribution in [1.82, 2.24) is 43.1 Å². The summed E-state index contributed by atoms with van der Waals surface area (Å²) in [5.41, 5.74) is 2.33. The number of aromatic nitrogens is 8. The Balaban J connectivity index is 0.960. The van der Waals surface area contributed by atoms with Crippen LogP contribution in [0.4, 0.5) is 10.1 Å². The fourth-order valence-corrected chi connectivity index (χ4v) is 7.84. The number of nitrogens with zero attached hydrogens (tertiary/aromatic N) is 9. The van der Waals surface area contributed by atoms with Crippen LogP contribution in [0.1, 0.15) is 46.5 Å². The minimum absolute atomic E-state index is 0.0713. The van der Waals surface area contributed by atoms with Gasteiger partial charge < -0.3 is 19.6 Å². The van der Waals surface area contributed by atoms with E-state index >= 15 is 4.39 Å². The summed E-state index contributed by atoms with van der Waals surface area (Å²) in [5.74, 6) is -0.823. The first-order chi connectivity index (χ1) is 27.1. The van der Waals surface area contributed by atoms with E-state index in [2.05, 4.69) is 15.0 Å². The molecule has 0 atom stereocenters. The lowest BCUT2D eigenvalue weighted by Gasteiger charge is -2.36. The fraction of sp³-hybridized carbons (Fsp3) is 0.250. The molecule has 284 valence electrons. The molecule has 5 heterocycles. The van der Waals surface area contributed by atoms with Gasteiger partial charge in [0.1, 0.15) is 23.7 Å². The van der Waals surface area contributed by atoms with E-state index in [0.717, 1.165) is 35.0 Å². The molecule has 14 nitrogen and oxygen atoms in total. The molecule has 0 unspecified atom stereocenters. The molecule has 0 bridgehead atoms. The second kappa shape index (κ2) is 14.0. The van der Waals surface area contributed by atoms with Crippen molar-refractivity contribution in [2.75, 3.05) is 31.1 Å². The summed E-state index contributed by atoms with van der Waals surface area (Å²) >= 11 is 5.99. The molecule has 1 saturated heterocycles. The van der Waals surface area contributed by atoms with Gasteiger partial charge in [0, 0.05) is 78.4 Å². The summed E-state index contributed by atoms with van der Waals surface area (Å²) in [6, 6.07) is 20.5. The molecular formula is C40H37FN10O4S. The smallest absolute Gasteiger partial charge is 0.350 e. The van der Waals surface area contributed by atoms with Gasteiger partial charge in [-0.2, -0.15) is 10.2 Å². The van der Waals surface area contributed by atoms with Crippen molar-refractivity contribution in [1.29, 1.82) is 0 Å². The van der Waals surface area contributed by atoms with Crippen LogP contribution in [0.5, 0.6) is 0 Å². The highest BCUT2D eigenvalue weighted by Gasteiger charge is 2.29. The molecule has 0 spiro atoms. The van der Waals surface area contributed by atoms with Crippen LogP contribution in [0.3, 0.4) is 0 Å². The van der Waals surface area contributed by atoms with Gasteiger partial charge >= 0.3 is 11.7 Å². The number of carbonyl (C=O) groups is 1. The summed E-state index contributed by atoms with van der Waals surface area (Å²) in [4.78, 5) is 45.8. The summed E-state index contributed by atoms with van der Waals surface area (Å²) in [6.45, 7) is 4.38. The lowest BCUT2D eigenvalue weighted by molar-refractivity contribution is 0.0694. The molecule has 16 heteroatoms. The number of anilines is 1. The van der Waals surface area contributed by atoms with Crippen molar-refractivity contribution in [2.24, 2.45) is 0 Å². The normalized spacial score (nSPS) is 15.1. The number of benzene rings is 3. The van der Waals surface area contributed by atoms with Gasteiger partial charge in [0.25, 0.3) is 0 Å². The van der Waals surface area contributed by atoms with Gasteiger partial charge in [-0.15, -0.1) is 0 Å². The number of hydrogen-bond donors (Lipinski definition) is 2. The first-order valence-corrected chi connectivity index (χ1v) is 18.8. The van der Waals surface area contributed by atoms with Gasteiger partial charge in [0.05, 0.1) is 17.9 Å². The monoisotopic (exact) mass is 772 g/mol. The molecule has 0 radical (unpaired) electrons. The Labute approximate surface area is 323 Å². The van der Waals surface area contributed by atoms with Crippen molar-refractivity contribution in [3.63, 3.8) is 0 Å². The Kier molecular flexibility index (Phi) is 8.85. The quantitative estimate of drug-likeness (QED) is 0.173. The second-order valence-electron chi connectivity index (χ2n) is 14.2. The number of pyridine rings is 1. The number of fused-ring (bicyclic) bond motifs is 2. The molecule has 1 saturated carbocycles. The molecule has 0 amide bonds. The number of aryl methyl sites for hydroxylation is 1. The minimum Gasteiger partial charge on any atom is -0.477 e. The predicted octanol–water partition coefficient (Wildman–Crippen LogP) is 5.49. The van der Waals surface area contributed by atoms with Gasteiger partial charge in [-0.25, -0.2) is 23.3 Å². The predicted molar refractivity (Wildman–Crippen MR) is 213 cm³/mol. The highest BCUT2D eigenvalue weighted by Crippen LogP contribution is 2.38. The van der Waals surface area contributed by atoms with Crippen molar-refractivity contribution < 1.29 is 14.3 Å². The number of para-hydroxylation sites is 2. The van der Waals surface area contributed by atoms with E-state index in [1.165, 1.54) is 21.5 Å². The Hall–Kier alpha value is -6.39. The van der Waals surface area contributed by atoms with E-state index in [9.17, 15) is 19.5 Å². The van der Waals surface area contributed by atoms with E-state index in [1.807, 2.05) is 80.9 Å². The average molecular weight is 773 g/mol. The van der Waals surface area contributed by atoms with E-state index < -0.39 is 17.2 Å². The van der Waals surface area contributed by atoms with Crippen molar-refractivity contribution >= 4 is 58.0 Å². The minimum atomic E-state index is -1.32. The number of nitrogens with one attached hydrogen (secondary N) is 1. The van der Waals surface area contributed by atoms with Crippen LogP contribution in [-0.2, 0) is 13.2 Å². The highest BCUT2D eigenvalue weighted by molar-refractivity contribution is 7.71. The molecule has 56 heavy (non-hydrogen) atoms. The van der Waals surface area contributed by atoms with Gasteiger partial charge in [0.15, 0.2) is 5.82 Å². The Morgan fingerprint density at radius 1 is 0.982 bits per heavy atom. The zero-order chi connectivity index (χ0) is 38.7. The third kappa shape index (κ3) is 6.35. The topological polar surface area (TPSA) is 144 Å². The van der Waals surface area contributed by atoms with Crippen LogP contribution in [0, 0.1) is 17.5 Å². The standard InChI is InChI=1S/C40H37FN10O4S/c1-25-43-49(39(55)47(25)14-13-26-21-42-33-10-6-5-9-29(26)33)23-36-44-50(40(56)51(36)28-7-3-2-4-8-28)24-45-15-17-46(18-16-45)35-20-34-30(19-32(35)41)37(52)31(38(53)54)22-48(34)27-11-12-27/h2-10,13-14,19-22,27,42H,11-12,15-18,23-24H2,1H3,(H,53,54)/b14-13-. The summed E-state index contributed by atoms with van der Waals surface area (Å²) < 4.78 is 24.4. The number of aromatic amines is 1. The molecule has 9 rings (SSSR count). The maximum atomic E-state index is 15.7. The maximum absolute atomic E-state index is 15.7. The van der Waals surface area contributed by atoms with E-state index in [1.54, 1.807) is 23.9 Å². The van der Waals surface area contributed by atoms with Crippen LogP contribution in [-0.4, -0.2) is 80.4 Å². The number of rotatable bonds is 10. The largest absolute Gasteiger partial charge is 0.477 e. The van der Waals surface area contributed by atoms with E-state index in [4.69, 9.17) is 17.3 Å². The lowest BCUT2D eigenvalue weighted by atomic mass is 10.1. The Morgan fingerprint density at radius 2 is 1.73 bits per heavy atom. The van der Waals surface area contributed by atoms with Crippen LogP contribution < -0.4 is 16.0 Å². The van der Waals surface area contributed by atoms with Crippen molar-refractivity contribution in [3.8, 4) is 5.69 Å². The molecule has 2 aliphatic rings. The number of aromatic carboxylic acids is 1. The van der Waals surface area contributed by atoms with Crippen molar-refractivity contribution in [3.05, 3.63) is 133 Å². The summed E-state index contributed by atoms with van der Waals surface area (Å²) in [6.07, 6.45) is 8.65. The molecule has 7 aromatic rings. The zero-order valence-corrected chi connectivity index (χ0v) is 31.2. The SMILES string of the molecule is Cc1nn(Cc2nn(CN3CCN(c4cc5c(cc4F)c(=O)c(C(=O)O)cn5C4CC4)CC3)c(=S)n2-c2ccccc2)c(=O)n1/C=C\c1c[nH]c2ccccc12.